The van der Waals surface area contributed by atoms with Crippen molar-refractivity contribution >= 4 is 10.8 Å². The van der Waals surface area contributed by atoms with Gasteiger partial charge < -0.3 is 14.6 Å². The summed E-state index contributed by atoms with van der Waals surface area (Å²) in [4.78, 5) is 0. The number of hydrogen-bond acceptors (Lipinski definition) is 3. The van der Waals surface area contributed by atoms with Crippen molar-refractivity contribution in [2.24, 2.45) is 0 Å². The Hall–Kier alpha value is -2.10. The van der Waals surface area contributed by atoms with Crippen LogP contribution in [0.25, 0.3) is 10.8 Å². The Kier molecular flexibility index (Phi) is 2.48. The van der Waals surface area contributed by atoms with E-state index in [0.29, 0.717) is 10.8 Å². The van der Waals surface area contributed by atoms with Crippen LogP contribution in [-0.2, 0) is 5.11 Å². The van der Waals surface area contributed by atoms with Crippen LogP contribution in [0.1, 0.15) is 0 Å². The monoisotopic (exact) mass is 219 g/mol. The number of phenolic OH excluding ortho intramolecular Hbond substituents is 1. The lowest BCUT2D eigenvalue weighted by atomic mass is 10.1. The molecule has 0 saturated heterocycles. The molecule has 2 aromatic carbocycles. The van der Waals surface area contributed by atoms with Crippen molar-refractivity contribution in [3.63, 3.8) is 0 Å². The normalized spacial score (nSPS) is 10.4. The zero-order valence-corrected chi connectivity index (χ0v) is 8.98. The summed E-state index contributed by atoms with van der Waals surface area (Å²) >= 11 is 0. The fourth-order valence-electron chi connectivity index (χ4n) is 1.72. The second kappa shape index (κ2) is 3.81. The topological polar surface area (TPSA) is 58.6 Å². The molecule has 83 valence electrons. The number of rotatable bonds is 2. The first kappa shape index (κ1) is 10.4. The highest BCUT2D eigenvalue weighted by Gasteiger charge is 2.21. The summed E-state index contributed by atoms with van der Waals surface area (Å²) in [6, 6.07) is 6.77. The molecule has 0 bridgehead atoms. The van der Waals surface area contributed by atoms with Gasteiger partial charge in [0.25, 0.3) is 0 Å². The molecular formula is C12H11O4. The maximum absolute atomic E-state index is 12.0. The third-order valence-corrected chi connectivity index (χ3v) is 2.46. The molecule has 1 N–H and O–H groups in total. The molecule has 0 saturated carbocycles. The first-order chi connectivity index (χ1) is 7.70. The first-order valence-corrected chi connectivity index (χ1v) is 4.73. The molecule has 0 unspecified atom stereocenters. The van der Waals surface area contributed by atoms with Crippen LogP contribution in [0, 0.1) is 0 Å². The quantitative estimate of drug-likeness (QED) is 0.844. The summed E-state index contributed by atoms with van der Waals surface area (Å²) in [5.74, 6) is -0.257. The minimum absolute atomic E-state index is 0.0266. The van der Waals surface area contributed by atoms with E-state index in [2.05, 4.69) is 0 Å². The Balaban J connectivity index is 2.93. The largest absolute Gasteiger partial charge is 0.504 e. The van der Waals surface area contributed by atoms with Crippen LogP contribution in [0.4, 0.5) is 0 Å². The van der Waals surface area contributed by atoms with Gasteiger partial charge >= 0.3 is 0 Å². The molecule has 2 aromatic rings. The number of benzene rings is 2. The SMILES string of the molecule is COc1c(OC)c(O)c2ccccc2c1[O]. The zero-order chi connectivity index (χ0) is 11.7. The van der Waals surface area contributed by atoms with Crippen molar-refractivity contribution in [2.75, 3.05) is 14.2 Å². The van der Waals surface area contributed by atoms with Gasteiger partial charge in [-0.3, -0.25) is 5.11 Å². The van der Waals surface area contributed by atoms with Crippen molar-refractivity contribution in [3.8, 4) is 23.0 Å². The van der Waals surface area contributed by atoms with Crippen LogP contribution in [0.3, 0.4) is 0 Å². The Labute approximate surface area is 92.7 Å². The number of ether oxygens (including phenoxy) is 2. The summed E-state index contributed by atoms with van der Waals surface area (Å²) < 4.78 is 9.94. The van der Waals surface area contributed by atoms with E-state index in [9.17, 15) is 10.2 Å². The van der Waals surface area contributed by atoms with E-state index in [4.69, 9.17) is 9.47 Å². The van der Waals surface area contributed by atoms with Crippen molar-refractivity contribution in [1.82, 2.24) is 0 Å². The second-order valence-corrected chi connectivity index (χ2v) is 3.29. The smallest absolute Gasteiger partial charge is 0.232 e. The first-order valence-electron chi connectivity index (χ1n) is 4.73. The third-order valence-electron chi connectivity index (χ3n) is 2.46. The van der Waals surface area contributed by atoms with E-state index in [0.717, 1.165) is 0 Å². The van der Waals surface area contributed by atoms with E-state index < -0.39 is 0 Å². The molecular weight excluding hydrogens is 208 g/mol. The lowest BCUT2D eigenvalue weighted by Gasteiger charge is -2.12. The number of methoxy groups -OCH3 is 2. The van der Waals surface area contributed by atoms with E-state index >= 15 is 0 Å². The zero-order valence-electron chi connectivity index (χ0n) is 8.98. The van der Waals surface area contributed by atoms with Gasteiger partial charge in [-0.25, -0.2) is 0 Å². The van der Waals surface area contributed by atoms with Crippen LogP contribution < -0.4 is 9.47 Å². The van der Waals surface area contributed by atoms with Gasteiger partial charge in [0, 0.05) is 10.8 Å². The van der Waals surface area contributed by atoms with Gasteiger partial charge in [0.05, 0.1) is 14.2 Å². The molecule has 0 amide bonds. The number of phenols is 1. The Morgan fingerprint density at radius 3 is 2.12 bits per heavy atom. The predicted octanol–water partition coefficient (Wildman–Crippen LogP) is 2.71. The van der Waals surface area contributed by atoms with E-state index in [-0.39, 0.29) is 23.0 Å². The average Bonchev–Trinajstić information content (AvgIpc) is 2.33. The Morgan fingerprint density at radius 1 is 1.00 bits per heavy atom. The molecule has 2 rings (SSSR count). The second-order valence-electron chi connectivity index (χ2n) is 3.29. The molecule has 0 spiro atoms. The highest BCUT2D eigenvalue weighted by atomic mass is 16.5. The molecule has 0 aliphatic heterocycles. The van der Waals surface area contributed by atoms with Crippen LogP contribution >= 0.6 is 0 Å². The Bertz CT molecular complexity index is 486. The molecule has 0 heterocycles. The van der Waals surface area contributed by atoms with Gasteiger partial charge in [0.1, 0.15) is 0 Å². The standard InChI is InChI=1S/C12H11O4/c1-15-11-9(13)7-5-3-4-6-8(7)10(14)12(11)16-2/h3-6,13H,1-2H3. The lowest BCUT2D eigenvalue weighted by molar-refractivity contribution is 0.294. The average molecular weight is 219 g/mol. The molecule has 0 fully saturated rings. The van der Waals surface area contributed by atoms with Gasteiger partial charge in [-0.2, -0.15) is 0 Å². The lowest BCUT2D eigenvalue weighted by Crippen LogP contribution is -1.92. The fraction of sp³-hybridized carbons (Fsp3) is 0.167. The summed E-state index contributed by atoms with van der Waals surface area (Å²) in [6.45, 7) is 0. The van der Waals surface area contributed by atoms with Crippen LogP contribution in [0.5, 0.6) is 23.0 Å². The molecule has 1 radical (unpaired) electrons. The Morgan fingerprint density at radius 2 is 1.56 bits per heavy atom. The van der Waals surface area contributed by atoms with Gasteiger partial charge in [-0.1, -0.05) is 24.3 Å². The fourth-order valence-corrected chi connectivity index (χ4v) is 1.72. The predicted molar refractivity (Wildman–Crippen MR) is 58.8 cm³/mol. The van der Waals surface area contributed by atoms with Crippen LogP contribution in [0.2, 0.25) is 0 Å². The van der Waals surface area contributed by atoms with Crippen LogP contribution in [-0.4, -0.2) is 19.3 Å². The summed E-state index contributed by atoms with van der Waals surface area (Å²) in [5.41, 5.74) is 0. The van der Waals surface area contributed by atoms with Crippen molar-refractivity contribution < 1.29 is 19.7 Å². The maximum Gasteiger partial charge on any atom is 0.232 e. The highest BCUT2D eigenvalue weighted by molar-refractivity contribution is 5.98. The molecule has 4 heteroatoms. The number of hydrogen-bond donors (Lipinski definition) is 1. The maximum atomic E-state index is 12.0. The molecule has 16 heavy (non-hydrogen) atoms. The molecule has 0 aliphatic rings. The van der Waals surface area contributed by atoms with Gasteiger partial charge in [-0.05, 0) is 0 Å². The van der Waals surface area contributed by atoms with E-state index in [1.807, 2.05) is 0 Å². The summed E-state index contributed by atoms with van der Waals surface area (Å²) in [6.07, 6.45) is 0. The van der Waals surface area contributed by atoms with E-state index in [1.165, 1.54) is 14.2 Å². The molecule has 0 aliphatic carbocycles. The summed E-state index contributed by atoms with van der Waals surface area (Å²) in [7, 11) is 2.75. The number of fused-ring (bicyclic) bond motifs is 1. The highest BCUT2D eigenvalue weighted by Crippen LogP contribution is 2.49. The van der Waals surface area contributed by atoms with Crippen molar-refractivity contribution in [3.05, 3.63) is 24.3 Å². The molecule has 0 atom stereocenters. The minimum Gasteiger partial charge on any atom is -0.504 e. The van der Waals surface area contributed by atoms with Gasteiger partial charge in [-0.15, -0.1) is 0 Å². The molecule has 4 nitrogen and oxygen atoms in total. The van der Waals surface area contributed by atoms with Crippen LogP contribution in [0.15, 0.2) is 24.3 Å². The molecule has 0 aromatic heterocycles. The third kappa shape index (κ3) is 1.31. The van der Waals surface area contributed by atoms with Crippen molar-refractivity contribution in [1.29, 1.82) is 0 Å². The summed E-state index contributed by atoms with van der Waals surface area (Å²) in [5, 5.41) is 22.8. The number of aromatic hydroxyl groups is 1. The van der Waals surface area contributed by atoms with Gasteiger partial charge in [0.15, 0.2) is 5.75 Å². The minimum atomic E-state index is -0.284. The van der Waals surface area contributed by atoms with Gasteiger partial charge in [0.2, 0.25) is 17.2 Å². The van der Waals surface area contributed by atoms with Crippen molar-refractivity contribution in [2.45, 2.75) is 0 Å². The van der Waals surface area contributed by atoms with E-state index in [1.54, 1.807) is 24.3 Å².